The van der Waals surface area contributed by atoms with E-state index in [9.17, 15) is 65.9 Å². The van der Waals surface area contributed by atoms with E-state index in [1.807, 2.05) is 41.5 Å². The third-order valence-electron chi connectivity index (χ3n) is 17.0. The highest BCUT2D eigenvalue weighted by atomic mass is 19.4. The fourth-order valence-electron chi connectivity index (χ4n) is 4.77. The molecule has 4 unspecified atom stereocenters. The smallest absolute Gasteiger partial charge is 0.171 e. The summed E-state index contributed by atoms with van der Waals surface area (Å²) < 4.78 is 182. The van der Waals surface area contributed by atoms with Crippen LogP contribution in [0.3, 0.4) is 0 Å². The van der Waals surface area contributed by atoms with Gasteiger partial charge in [-0.2, -0.15) is 65.9 Å². The van der Waals surface area contributed by atoms with Crippen LogP contribution in [0.5, 0.6) is 0 Å². The fraction of sp³-hybridized carbons (Fsp3) is 1.00. The van der Waals surface area contributed by atoms with Crippen LogP contribution in [0, 0.1) is 104 Å². The second-order valence-corrected chi connectivity index (χ2v) is 27.1. The standard InChI is InChI=1S/C9H17F3.C9H20.3C8H15F3.C8H18.C7H13F3/c1-6(2)8(4,5)7(3)9(10,11)12;1-7(2)8(3)9(4,5)6;1-6(2,3)7(4,5)8(9,10)11;2*1-5(2)6(3)7(4)8(9,10)11;1-7(2,3)8(4,5)6;1-4-5(2)6(3)7(8,9)10/h6-7H,1-5H3;7-8H,1-6H3;1-5H3;2*5-7H,1-4H3;1-6H3;5-6H,4H2,1-3H3/t;8-;;2*6-,7?;;5?,6-/m.1.11.1/s1. The zero-order valence-electron chi connectivity index (χ0n) is 51.8. The van der Waals surface area contributed by atoms with Crippen LogP contribution in [0.25, 0.3) is 0 Å². The Balaban J connectivity index is -0.000000137. The molecule has 0 saturated carbocycles. The van der Waals surface area contributed by atoms with Crippen LogP contribution in [-0.2, 0) is 0 Å². The maximum atomic E-state index is 12.3. The molecule has 15 heteroatoms. The third kappa shape index (κ3) is 36.1. The molecule has 0 bridgehead atoms. The Morgan fingerprint density at radius 2 is 0.556 bits per heavy atom. The number of hydrogen-bond acceptors (Lipinski definition) is 0. The monoisotopic (exact) mass is 1080 g/mol. The molecule has 0 radical (unpaired) electrons. The number of halogens is 15. The summed E-state index contributed by atoms with van der Waals surface area (Å²) in [6.45, 7) is 60.5. The van der Waals surface area contributed by atoms with Crippen LogP contribution in [0.1, 0.15) is 235 Å². The summed E-state index contributed by atoms with van der Waals surface area (Å²) in [5, 5.41) is 0. The predicted molar refractivity (Wildman–Crippen MR) is 279 cm³/mol. The molecule has 0 spiro atoms. The second kappa shape index (κ2) is 32.0. The first-order valence-electron chi connectivity index (χ1n) is 26.0. The SMILES string of the molecule is CC(C)(C)C(C)(C)C.CC(C)(C)C(C)(C)C(F)(F)F.CC(C)C(C)(C)C(C)C(F)(F)F.CC(C)[C@@H](C)C(C)(C)C.CC(C)[C@@H](C)C(C)C(F)(F)F.CC(C)[C@@H](C)C(C)C(F)(F)F.CCC(C)[C@@H](C)C(F)(F)F. The highest BCUT2D eigenvalue weighted by Crippen LogP contribution is 2.50. The summed E-state index contributed by atoms with van der Waals surface area (Å²) >= 11 is 0. The van der Waals surface area contributed by atoms with Gasteiger partial charge in [-0.15, -0.1) is 0 Å². The molecule has 0 rings (SSSR count). The zero-order chi connectivity index (χ0) is 61.1. The Labute approximate surface area is 434 Å². The summed E-state index contributed by atoms with van der Waals surface area (Å²) in [4.78, 5) is 0. The van der Waals surface area contributed by atoms with Crippen LogP contribution >= 0.6 is 0 Å². The van der Waals surface area contributed by atoms with Crippen molar-refractivity contribution < 1.29 is 65.9 Å². The van der Waals surface area contributed by atoms with Gasteiger partial charge >= 0.3 is 30.9 Å². The van der Waals surface area contributed by atoms with Gasteiger partial charge in [0, 0.05) is 0 Å². The first-order chi connectivity index (χ1) is 30.6. The molecule has 0 aromatic carbocycles. The van der Waals surface area contributed by atoms with Crippen molar-refractivity contribution in [3.8, 4) is 0 Å². The lowest BCUT2D eigenvalue weighted by Crippen LogP contribution is -2.43. The van der Waals surface area contributed by atoms with Gasteiger partial charge < -0.3 is 0 Å². The predicted octanol–water partition coefficient (Wildman–Crippen LogP) is 24.1. The van der Waals surface area contributed by atoms with Crippen LogP contribution in [0.4, 0.5) is 65.9 Å². The number of hydrogen-bond donors (Lipinski definition) is 0. The van der Waals surface area contributed by atoms with E-state index < -0.39 is 70.8 Å². The Morgan fingerprint density at radius 3 is 0.597 bits per heavy atom. The summed E-state index contributed by atoms with van der Waals surface area (Å²) in [5.74, 6) is -3.81. The first-order valence-corrected chi connectivity index (χ1v) is 26.0. The van der Waals surface area contributed by atoms with Crippen LogP contribution in [-0.4, -0.2) is 30.9 Å². The molecule has 0 aliphatic heterocycles. The van der Waals surface area contributed by atoms with Crippen molar-refractivity contribution in [3.63, 3.8) is 0 Å². The summed E-state index contributed by atoms with van der Waals surface area (Å²) in [6.07, 6.45) is -19.7. The van der Waals surface area contributed by atoms with Gasteiger partial charge in [-0.3, -0.25) is 0 Å². The van der Waals surface area contributed by atoms with E-state index in [0.29, 0.717) is 22.7 Å². The molecule has 446 valence electrons. The fourth-order valence-corrected chi connectivity index (χ4v) is 4.77. The van der Waals surface area contributed by atoms with E-state index in [0.717, 1.165) is 11.8 Å². The van der Waals surface area contributed by atoms with Crippen LogP contribution < -0.4 is 0 Å². The van der Waals surface area contributed by atoms with E-state index in [4.69, 9.17) is 0 Å². The van der Waals surface area contributed by atoms with Gasteiger partial charge in [0.25, 0.3) is 0 Å². The molecule has 0 aliphatic rings. The molecule has 0 saturated heterocycles. The zero-order valence-corrected chi connectivity index (χ0v) is 51.8. The Hall–Kier alpha value is -1.05. The minimum absolute atomic E-state index is 0.0362. The average Bonchev–Trinajstić information content (AvgIpc) is 3.13. The van der Waals surface area contributed by atoms with Crippen molar-refractivity contribution in [2.24, 2.45) is 104 Å². The lowest BCUT2D eigenvalue weighted by molar-refractivity contribution is -0.243. The van der Waals surface area contributed by atoms with Crippen molar-refractivity contribution in [2.75, 3.05) is 0 Å². The molecule has 0 aromatic rings. The highest BCUT2D eigenvalue weighted by Gasteiger charge is 2.54. The summed E-state index contributed by atoms with van der Waals surface area (Å²) in [7, 11) is 0. The maximum Gasteiger partial charge on any atom is 0.394 e. The van der Waals surface area contributed by atoms with Gasteiger partial charge in [0.2, 0.25) is 0 Å². The molecule has 0 aromatic heterocycles. The normalized spacial score (nSPS) is 17.0. The van der Waals surface area contributed by atoms with E-state index in [-0.39, 0.29) is 35.5 Å². The van der Waals surface area contributed by atoms with Gasteiger partial charge in [-0.05, 0) is 74.4 Å². The van der Waals surface area contributed by atoms with Crippen molar-refractivity contribution in [1.82, 2.24) is 0 Å². The van der Waals surface area contributed by atoms with Crippen LogP contribution in [0.15, 0.2) is 0 Å². The average molecular weight is 1080 g/mol. The number of rotatable bonds is 9. The first kappa shape index (κ1) is 84.9. The van der Waals surface area contributed by atoms with E-state index in [1.165, 1.54) is 41.5 Å². The molecular formula is C57H113F15. The molecular weight excluding hydrogens is 970 g/mol. The summed E-state index contributed by atoms with van der Waals surface area (Å²) in [5.41, 5.74) is -1.70. The molecule has 0 N–H and O–H groups in total. The van der Waals surface area contributed by atoms with Gasteiger partial charge in [0.1, 0.15) is 0 Å². The van der Waals surface area contributed by atoms with Gasteiger partial charge in [-0.25, -0.2) is 0 Å². The van der Waals surface area contributed by atoms with Crippen LogP contribution in [0.2, 0.25) is 0 Å². The Kier molecular flexibility index (Phi) is 37.7. The molecule has 8 atom stereocenters. The van der Waals surface area contributed by atoms with E-state index in [1.54, 1.807) is 62.3 Å². The molecule has 0 heterocycles. The molecule has 0 fully saturated rings. The van der Waals surface area contributed by atoms with Crippen molar-refractivity contribution in [3.05, 3.63) is 0 Å². The third-order valence-corrected chi connectivity index (χ3v) is 17.0. The minimum Gasteiger partial charge on any atom is -0.171 e. The van der Waals surface area contributed by atoms with Crippen molar-refractivity contribution in [2.45, 2.75) is 266 Å². The van der Waals surface area contributed by atoms with Crippen molar-refractivity contribution in [1.29, 1.82) is 0 Å². The molecule has 72 heavy (non-hydrogen) atoms. The topological polar surface area (TPSA) is 0 Å². The van der Waals surface area contributed by atoms with E-state index >= 15 is 0 Å². The van der Waals surface area contributed by atoms with E-state index in [2.05, 4.69) is 83.1 Å². The summed E-state index contributed by atoms with van der Waals surface area (Å²) in [6, 6.07) is 0. The number of alkyl halides is 15. The molecule has 0 amide bonds. The second-order valence-electron chi connectivity index (χ2n) is 27.1. The quantitative estimate of drug-likeness (QED) is 0.202. The lowest BCUT2D eigenvalue weighted by Gasteiger charge is -2.40. The highest BCUT2D eigenvalue weighted by molar-refractivity contribution is 4.88. The van der Waals surface area contributed by atoms with Crippen molar-refractivity contribution >= 4 is 0 Å². The van der Waals surface area contributed by atoms with Gasteiger partial charge in [-0.1, -0.05) is 235 Å². The molecule has 0 nitrogen and oxygen atoms in total. The minimum atomic E-state index is -4.12. The Morgan fingerprint density at radius 1 is 0.306 bits per heavy atom. The van der Waals surface area contributed by atoms with Gasteiger partial charge in [0.05, 0.1) is 29.1 Å². The lowest BCUT2D eigenvalue weighted by atomic mass is 9.69. The van der Waals surface area contributed by atoms with Gasteiger partial charge in [0.15, 0.2) is 0 Å². The maximum absolute atomic E-state index is 12.3. The largest absolute Gasteiger partial charge is 0.394 e. The molecule has 0 aliphatic carbocycles. The Bertz CT molecular complexity index is 1270.